The van der Waals surface area contributed by atoms with Crippen LogP contribution in [0.2, 0.25) is 13.3 Å². The van der Waals surface area contributed by atoms with Gasteiger partial charge in [0, 0.05) is 0 Å². The van der Waals surface area contributed by atoms with E-state index in [0.29, 0.717) is 0 Å². The number of benzene rings is 2. The molecule has 0 spiro atoms. The number of rotatable bonds is 12. The van der Waals surface area contributed by atoms with Gasteiger partial charge in [0.25, 0.3) is 0 Å². The molecule has 0 atom stereocenters. The summed E-state index contributed by atoms with van der Waals surface area (Å²) in [4.78, 5) is 11.3. The van der Waals surface area contributed by atoms with E-state index in [4.69, 9.17) is 0 Å². The molecular weight excluding hydrogens is 479 g/mol. The minimum absolute atomic E-state index is 0.284. The molecule has 0 amide bonds. The van der Waals surface area contributed by atoms with Gasteiger partial charge in [0.1, 0.15) is 0 Å². The first-order valence-electron chi connectivity index (χ1n) is 11.4. The fourth-order valence-corrected chi connectivity index (χ4v) is 12.9. The molecule has 2 rings (SSSR count). The smallest absolute Gasteiger partial charge is 0.154 e. The summed E-state index contributed by atoms with van der Waals surface area (Å²) >= 11 is -0.839. The zero-order valence-electron chi connectivity index (χ0n) is 18.9. The van der Waals surface area contributed by atoms with Crippen LogP contribution < -0.4 is 5.11 Å². The fraction of sp³-hybridized carbons (Fsp3) is 0.500. The summed E-state index contributed by atoms with van der Waals surface area (Å²) in [7, 11) is 0. The van der Waals surface area contributed by atoms with Gasteiger partial charge in [-0.05, 0) is 11.1 Å². The molecule has 0 aromatic heterocycles. The first-order valence-corrected chi connectivity index (χ1v) is 17.4. The topological polar surface area (TPSA) is 60.4 Å². The zero-order chi connectivity index (χ0) is 22.2. The second-order valence-electron chi connectivity index (χ2n) is 7.79. The number of carbonyl (C=O) groups excluding carboxylic acids is 1. The van der Waals surface area contributed by atoms with Crippen LogP contribution in [0, 0.1) is 0 Å². The number of aliphatic carboxylic acids is 1. The molecule has 0 saturated carbocycles. The van der Waals surface area contributed by atoms with Crippen molar-refractivity contribution in [3.8, 4) is 0 Å². The molecule has 164 valence electrons. The van der Waals surface area contributed by atoms with Crippen LogP contribution >= 0.6 is 0 Å². The number of aliphatic hydroxyl groups is 1. The summed E-state index contributed by atoms with van der Waals surface area (Å²) in [5, 5.41) is 21.6. The molecule has 0 bridgehead atoms. The third-order valence-corrected chi connectivity index (χ3v) is 14.4. The second kappa shape index (κ2) is 15.5. The van der Waals surface area contributed by atoms with E-state index in [1.807, 2.05) is 0 Å². The molecular formula is C26H38O3Sn. The molecule has 3 nitrogen and oxygen atoms in total. The normalized spacial score (nSPS) is 10.8. The van der Waals surface area contributed by atoms with Crippen LogP contribution in [0.15, 0.2) is 60.7 Å². The van der Waals surface area contributed by atoms with Crippen molar-refractivity contribution in [3.05, 3.63) is 71.8 Å². The third kappa shape index (κ3) is 8.81. The molecule has 4 heteroatoms. The summed E-state index contributed by atoms with van der Waals surface area (Å²) in [6.07, 6.45) is 8.85. The predicted octanol–water partition coefficient (Wildman–Crippen LogP) is 5.55. The van der Waals surface area contributed by atoms with Gasteiger partial charge in [-0.2, -0.15) is 0 Å². The van der Waals surface area contributed by atoms with Gasteiger partial charge in [-0.1, -0.05) is 60.7 Å². The van der Waals surface area contributed by atoms with Gasteiger partial charge in [-0.25, -0.2) is 0 Å². The maximum Gasteiger partial charge on any atom is 0.154 e. The molecule has 0 fully saturated rings. The van der Waals surface area contributed by atoms with Crippen molar-refractivity contribution in [2.45, 2.75) is 78.2 Å². The largest absolute Gasteiger partial charge is 0.546 e. The van der Waals surface area contributed by atoms with E-state index in [1.165, 1.54) is 38.5 Å². The van der Waals surface area contributed by atoms with E-state index in [0.717, 1.165) is 0 Å². The first-order chi connectivity index (χ1) is 14.5. The van der Waals surface area contributed by atoms with Gasteiger partial charge < -0.3 is 15.0 Å². The molecule has 30 heavy (non-hydrogen) atoms. The van der Waals surface area contributed by atoms with E-state index in [2.05, 4.69) is 20.8 Å². The first kappa shape index (κ1) is 26.7. The molecule has 0 unspecified atom stereocenters. The molecule has 2 aromatic rings. The van der Waals surface area contributed by atoms with Crippen LogP contribution in [0.5, 0.6) is 0 Å². The average molecular weight is 517 g/mol. The van der Waals surface area contributed by atoms with Crippen LogP contribution in [0.4, 0.5) is 0 Å². The van der Waals surface area contributed by atoms with E-state index in [9.17, 15) is 15.0 Å². The Hall–Kier alpha value is -1.33. The minimum atomic E-state index is -2.11. The average Bonchev–Trinajstić information content (AvgIpc) is 2.79. The molecule has 2 aromatic carbocycles. The Morgan fingerprint density at radius 2 is 1.10 bits per heavy atom. The zero-order valence-corrected chi connectivity index (χ0v) is 21.8. The standard InChI is InChI=1S/C14H12O3.3C4H9.Sn/c15-13(16)14(17,11-7-3-1-4-8-11)12-9-5-2-6-10-12;3*1-3-4-2;/h1-10,17H,(H,15,16);3*1,3-4H2,2H3;/q;;;;+1/p-1. The fourth-order valence-electron chi connectivity index (χ4n) is 3.42. The van der Waals surface area contributed by atoms with E-state index in [-0.39, 0.29) is 11.1 Å². The van der Waals surface area contributed by atoms with E-state index in [1.54, 1.807) is 74.0 Å². The summed E-state index contributed by atoms with van der Waals surface area (Å²) in [5.74, 6) is -1.53. The Kier molecular flexibility index (Phi) is 13.8. The van der Waals surface area contributed by atoms with Gasteiger partial charge in [-0.3, -0.25) is 0 Å². The van der Waals surface area contributed by atoms with Crippen molar-refractivity contribution in [1.82, 2.24) is 0 Å². The Morgan fingerprint density at radius 3 is 1.37 bits per heavy atom. The molecule has 0 radical (unpaired) electrons. The molecule has 1 N–H and O–H groups in total. The van der Waals surface area contributed by atoms with Crippen molar-refractivity contribution in [3.63, 3.8) is 0 Å². The molecule has 0 aliphatic carbocycles. The van der Waals surface area contributed by atoms with Gasteiger partial charge >= 0.3 is 92.4 Å². The summed E-state index contributed by atoms with van der Waals surface area (Å²) in [6, 6.07) is 16.4. The molecule has 0 heterocycles. The van der Waals surface area contributed by atoms with Crippen molar-refractivity contribution in [1.29, 1.82) is 0 Å². The Morgan fingerprint density at radius 1 is 0.767 bits per heavy atom. The van der Waals surface area contributed by atoms with Crippen molar-refractivity contribution >= 4 is 25.7 Å². The van der Waals surface area contributed by atoms with Crippen molar-refractivity contribution in [2.75, 3.05) is 0 Å². The minimum Gasteiger partial charge on any atom is -0.546 e. The summed E-state index contributed by atoms with van der Waals surface area (Å²) in [6.45, 7) is 7.00. The summed E-state index contributed by atoms with van der Waals surface area (Å²) in [5.41, 5.74) is -1.54. The van der Waals surface area contributed by atoms with Gasteiger partial charge in [0.15, 0.2) is 5.60 Å². The quantitative estimate of drug-likeness (QED) is 0.376. The Labute approximate surface area is 190 Å². The number of carboxylic acids is 1. The Bertz CT molecular complexity index is 629. The van der Waals surface area contributed by atoms with E-state index < -0.39 is 31.3 Å². The van der Waals surface area contributed by atoms with E-state index >= 15 is 0 Å². The van der Waals surface area contributed by atoms with Crippen LogP contribution in [-0.2, 0) is 10.4 Å². The van der Waals surface area contributed by atoms with Crippen LogP contribution in [0.25, 0.3) is 0 Å². The SMILES string of the molecule is CCC[CH2][Sn+]([CH2]CCC)[CH2]CCC.O=C([O-])C(O)(c1ccccc1)c1ccccc1. The van der Waals surface area contributed by atoms with Crippen molar-refractivity contribution in [2.24, 2.45) is 0 Å². The number of hydrogen-bond donors (Lipinski definition) is 1. The molecule has 0 saturated heterocycles. The number of carbonyl (C=O) groups is 1. The number of carboxylic acid groups (broad SMARTS) is 1. The van der Waals surface area contributed by atoms with Crippen molar-refractivity contribution < 1.29 is 15.0 Å². The van der Waals surface area contributed by atoms with Gasteiger partial charge in [-0.15, -0.1) is 0 Å². The maximum absolute atomic E-state index is 11.3. The monoisotopic (exact) mass is 518 g/mol. The van der Waals surface area contributed by atoms with Gasteiger partial charge in [0.05, 0.1) is 5.97 Å². The summed E-state index contributed by atoms with van der Waals surface area (Å²) < 4.78 is 5.04. The maximum atomic E-state index is 11.3. The number of hydrogen-bond acceptors (Lipinski definition) is 3. The van der Waals surface area contributed by atoms with Gasteiger partial charge in [0.2, 0.25) is 0 Å². The van der Waals surface area contributed by atoms with Crippen LogP contribution in [0.3, 0.4) is 0 Å². The third-order valence-electron chi connectivity index (χ3n) is 5.33. The molecule has 0 aliphatic heterocycles. The van der Waals surface area contributed by atoms with Crippen LogP contribution in [0.1, 0.15) is 70.4 Å². The van der Waals surface area contributed by atoms with Crippen LogP contribution in [-0.4, -0.2) is 30.8 Å². The second-order valence-corrected chi connectivity index (χ2v) is 16.4. The number of unbranched alkanes of at least 4 members (excludes halogenated alkanes) is 3. The molecule has 0 aliphatic rings. The predicted molar refractivity (Wildman–Crippen MR) is 126 cm³/mol. The Balaban J connectivity index is 0.000000314.